The summed E-state index contributed by atoms with van der Waals surface area (Å²) in [5, 5.41) is 2.70. The van der Waals surface area contributed by atoms with Gasteiger partial charge in [0.15, 0.2) is 0 Å². The SMILES string of the molecule is O=C1C[C@@H](c2ccc(F)cc2F)c2ncn(-c3cccc(F)c3)c2N1. The first-order valence-electron chi connectivity index (χ1n) is 7.61. The van der Waals surface area contributed by atoms with Crippen LogP contribution in [0.1, 0.15) is 23.6 Å². The van der Waals surface area contributed by atoms with Crippen molar-refractivity contribution in [3.05, 3.63) is 77.5 Å². The van der Waals surface area contributed by atoms with Crippen LogP contribution in [0.15, 0.2) is 48.8 Å². The molecule has 3 aromatic rings. The van der Waals surface area contributed by atoms with Gasteiger partial charge in [-0.1, -0.05) is 12.1 Å². The lowest BCUT2D eigenvalue weighted by Crippen LogP contribution is -2.25. The van der Waals surface area contributed by atoms with Crippen molar-refractivity contribution < 1.29 is 18.0 Å². The number of carbonyl (C=O) groups excluding carboxylic acids is 1. The second kappa shape index (κ2) is 5.77. The average Bonchev–Trinajstić information content (AvgIpc) is 2.98. The van der Waals surface area contributed by atoms with Crippen molar-refractivity contribution in [2.75, 3.05) is 5.32 Å². The number of amides is 1. The van der Waals surface area contributed by atoms with Gasteiger partial charge in [0.1, 0.15) is 29.6 Å². The number of aromatic nitrogens is 2. The average molecular weight is 343 g/mol. The molecule has 1 N–H and O–H groups in total. The van der Waals surface area contributed by atoms with Gasteiger partial charge in [-0.3, -0.25) is 9.36 Å². The number of halogens is 3. The van der Waals surface area contributed by atoms with Crippen LogP contribution in [-0.2, 0) is 4.79 Å². The van der Waals surface area contributed by atoms with E-state index in [1.54, 1.807) is 12.1 Å². The Morgan fingerprint density at radius 2 is 1.88 bits per heavy atom. The number of anilines is 1. The molecule has 2 aromatic carbocycles. The Labute approximate surface area is 140 Å². The van der Waals surface area contributed by atoms with Crippen LogP contribution in [0, 0.1) is 17.5 Å². The molecular weight excluding hydrogens is 331 g/mol. The Balaban J connectivity index is 1.84. The Morgan fingerprint density at radius 1 is 1.08 bits per heavy atom. The van der Waals surface area contributed by atoms with Crippen LogP contribution in [0.25, 0.3) is 5.69 Å². The first-order valence-corrected chi connectivity index (χ1v) is 7.61. The second-order valence-corrected chi connectivity index (χ2v) is 5.80. The smallest absolute Gasteiger partial charge is 0.226 e. The maximum absolute atomic E-state index is 14.2. The number of carbonyl (C=O) groups is 1. The van der Waals surface area contributed by atoms with E-state index < -0.39 is 23.4 Å². The van der Waals surface area contributed by atoms with Gasteiger partial charge in [-0.05, 0) is 29.8 Å². The van der Waals surface area contributed by atoms with Crippen LogP contribution in [0.4, 0.5) is 19.0 Å². The highest BCUT2D eigenvalue weighted by Crippen LogP contribution is 2.38. The van der Waals surface area contributed by atoms with E-state index in [4.69, 9.17) is 0 Å². The molecule has 7 heteroatoms. The molecule has 4 nitrogen and oxygen atoms in total. The molecular formula is C18H12F3N3O. The molecule has 0 saturated carbocycles. The first-order chi connectivity index (χ1) is 12.0. The molecule has 1 aromatic heterocycles. The fourth-order valence-corrected chi connectivity index (χ4v) is 3.07. The van der Waals surface area contributed by atoms with Crippen molar-refractivity contribution in [3.8, 4) is 5.69 Å². The number of nitrogens with zero attached hydrogens (tertiary/aromatic N) is 2. The maximum Gasteiger partial charge on any atom is 0.226 e. The molecule has 2 heterocycles. The number of benzene rings is 2. The van der Waals surface area contributed by atoms with E-state index in [2.05, 4.69) is 10.3 Å². The quantitative estimate of drug-likeness (QED) is 0.770. The lowest BCUT2D eigenvalue weighted by atomic mass is 9.89. The molecule has 0 spiro atoms. The van der Waals surface area contributed by atoms with Crippen LogP contribution in [0.5, 0.6) is 0 Å². The Morgan fingerprint density at radius 3 is 2.64 bits per heavy atom. The summed E-state index contributed by atoms with van der Waals surface area (Å²) in [5.41, 5.74) is 1.13. The standard InChI is InChI=1S/C18H12F3N3O/c19-10-2-1-3-12(6-10)24-9-22-17-14(8-16(25)23-18(17)24)13-5-4-11(20)7-15(13)21/h1-7,9,14H,8H2,(H,23,25)/t14-/m0/s1. The number of imidazole rings is 1. The Hall–Kier alpha value is -3.09. The summed E-state index contributed by atoms with van der Waals surface area (Å²) in [6, 6.07) is 9.06. The molecule has 1 aliphatic heterocycles. The van der Waals surface area contributed by atoms with Crippen LogP contribution in [-0.4, -0.2) is 15.5 Å². The van der Waals surface area contributed by atoms with Gasteiger partial charge in [-0.25, -0.2) is 18.2 Å². The van der Waals surface area contributed by atoms with E-state index in [1.165, 1.54) is 29.1 Å². The van der Waals surface area contributed by atoms with Gasteiger partial charge >= 0.3 is 0 Å². The highest BCUT2D eigenvalue weighted by atomic mass is 19.1. The predicted molar refractivity (Wildman–Crippen MR) is 85.0 cm³/mol. The Kier molecular flexibility index (Phi) is 3.56. The molecule has 25 heavy (non-hydrogen) atoms. The van der Waals surface area contributed by atoms with Gasteiger partial charge in [-0.15, -0.1) is 0 Å². The minimum atomic E-state index is -0.731. The van der Waals surface area contributed by atoms with E-state index in [9.17, 15) is 18.0 Å². The van der Waals surface area contributed by atoms with Crippen molar-refractivity contribution in [1.82, 2.24) is 9.55 Å². The number of rotatable bonds is 2. The van der Waals surface area contributed by atoms with Gasteiger partial charge in [0.25, 0.3) is 0 Å². The minimum absolute atomic E-state index is 0.00425. The monoisotopic (exact) mass is 343 g/mol. The van der Waals surface area contributed by atoms with E-state index in [-0.39, 0.29) is 17.9 Å². The fourth-order valence-electron chi connectivity index (χ4n) is 3.07. The zero-order valence-electron chi connectivity index (χ0n) is 12.8. The first kappa shape index (κ1) is 15.4. The van der Waals surface area contributed by atoms with Gasteiger partial charge < -0.3 is 5.32 Å². The van der Waals surface area contributed by atoms with E-state index in [0.29, 0.717) is 17.2 Å². The zero-order chi connectivity index (χ0) is 17.6. The molecule has 0 saturated heterocycles. The van der Waals surface area contributed by atoms with Gasteiger partial charge in [0.2, 0.25) is 5.91 Å². The summed E-state index contributed by atoms with van der Waals surface area (Å²) in [7, 11) is 0. The van der Waals surface area contributed by atoms with Gasteiger partial charge in [0, 0.05) is 18.4 Å². The lowest BCUT2D eigenvalue weighted by Gasteiger charge is -2.23. The molecule has 1 amide bonds. The molecule has 126 valence electrons. The van der Waals surface area contributed by atoms with Crippen molar-refractivity contribution in [1.29, 1.82) is 0 Å². The second-order valence-electron chi connectivity index (χ2n) is 5.80. The Bertz CT molecular complexity index is 983. The van der Waals surface area contributed by atoms with Crippen LogP contribution >= 0.6 is 0 Å². The summed E-state index contributed by atoms with van der Waals surface area (Å²) in [4.78, 5) is 16.4. The van der Waals surface area contributed by atoms with Crippen molar-refractivity contribution in [2.45, 2.75) is 12.3 Å². The van der Waals surface area contributed by atoms with Crippen molar-refractivity contribution >= 4 is 11.7 Å². The molecule has 0 fully saturated rings. The molecule has 0 unspecified atom stereocenters. The number of hydrogen-bond donors (Lipinski definition) is 1. The highest BCUT2D eigenvalue weighted by Gasteiger charge is 2.32. The van der Waals surface area contributed by atoms with Crippen LogP contribution in [0.2, 0.25) is 0 Å². The van der Waals surface area contributed by atoms with Gasteiger partial charge in [-0.2, -0.15) is 0 Å². The lowest BCUT2D eigenvalue weighted by molar-refractivity contribution is -0.116. The van der Waals surface area contributed by atoms with E-state index in [0.717, 1.165) is 12.1 Å². The number of nitrogens with one attached hydrogen (secondary N) is 1. The minimum Gasteiger partial charge on any atom is -0.310 e. The predicted octanol–water partition coefficient (Wildman–Crippen LogP) is 3.76. The molecule has 4 rings (SSSR count). The number of fused-ring (bicyclic) bond motifs is 1. The van der Waals surface area contributed by atoms with Crippen molar-refractivity contribution in [3.63, 3.8) is 0 Å². The van der Waals surface area contributed by atoms with Gasteiger partial charge in [0.05, 0.1) is 11.4 Å². The molecule has 0 bridgehead atoms. The molecule has 1 aliphatic rings. The molecule has 1 atom stereocenters. The molecule has 0 aliphatic carbocycles. The number of hydrogen-bond acceptors (Lipinski definition) is 2. The highest BCUT2D eigenvalue weighted by molar-refractivity contribution is 5.94. The van der Waals surface area contributed by atoms with E-state index >= 15 is 0 Å². The maximum atomic E-state index is 14.2. The molecule has 0 radical (unpaired) electrons. The summed E-state index contributed by atoms with van der Waals surface area (Å²) in [6.07, 6.45) is 1.44. The van der Waals surface area contributed by atoms with Crippen molar-refractivity contribution in [2.24, 2.45) is 0 Å². The summed E-state index contributed by atoms with van der Waals surface area (Å²) < 4.78 is 42.4. The van der Waals surface area contributed by atoms with Crippen LogP contribution < -0.4 is 5.32 Å². The third-order valence-electron chi connectivity index (χ3n) is 4.20. The van der Waals surface area contributed by atoms with Crippen LogP contribution in [0.3, 0.4) is 0 Å². The normalized spacial score (nSPS) is 16.4. The third kappa shape index (κ3) is 2.67. The van der Waals surface area contributed by atoms with E-state index in [1.807, 2.05) is 0 Å². The largest absolute Gasteiger partial charge is 0.310 e. The summed E-state index contributed by atoms with van der Waals surface area (Å²) in [6.45, 7) is 0. The summed E-state index contributed by atoms with van der Waals surface area (Å²) >= 11 is 0. The zero-order valence-corrected chi connectivity index (χ0v) is 12.8. The third-order valence-corrected chi connectivity index (χ3v) is 4.20. The topological polar surface area (TPSA) is 46.9 Å². The summed E-state index contributed by atoms with van der Waals surface area (Å²) in [5.74, 6) is -2.45. The fraction of sp³-hybridized carbons (Fsp3) is 0.111.